The van der Waals surface area contributed by atoms with E-state index in [0.717, 1.165) is 12.8 Å². The Balaban J connectivity index is 2.25. The molecule has 0 atom stereocenters. The summed E-state index contributed by atoms with van der Waals surface area (Å²) >= 11 is 0. The molecule has 1 fully saturated rings. The van der Waals surface area contributed by atoms with Crippen molar-refractivity contribution >= 4 is 6.03 Å². The smallest absolute Gasteiger partial charge is 0.329 e. The number of hydrazine groups is 1. The maximum absolute atomic E-state index is 10.5. The van der Waals surface area contributed by atoms with Crippen LogP contribution in [0.2, 0.25) is 0 Å². The third-order valence-electron chi connectivity index (χ3n) is 1.55. The van der Waals surface area contributed by atoms with Crippen LogP contribution in [0, 0.1) is 0 Å². The predicted molar refractivity (Wildman–Crippen MR) is 33.5 cm³/mol. The first-order valence-corrected chi connectivity index (χ1v) is 2.95. The lowest BCUT2D eigenvalue weighted by molar-refractivity contribution is 0.237. The summed E-state index contributed by atoms with van der Waals surface area (Å²) in [6, 6.07) is -0.296. The van der Waals surface area contributed by atoms with Gasteiger partial charge >= 0.3 is 6.03 Å². The van der Waals surface area contributed by atoms with E-state index < -0.39 is 0 Å². The molecule has 0 unspecified atom stereocenters. The number of amides is 2. The monoisotopic (exact) mass is 129 g/mol. The second-order valence-corrected chi connectivity index (χ2v) is 2.66. The van der Waals surface area contributed by atoms with Crippen molar-refractivity contribution in [3.63, 3.8) is 0 Å². The van der Waals surface area contributed by atoms with Crippen molar-refractivity contribution < 1.29 is 4.79 Å². The Hall–Kier alpha value is -0.770. The minimum absolute atomic E-state index is 0.0312. The van der Waals surface area contributed by atoms with Crippen LogP contribution in [0.3, 0.4) is 0 Å². The van der Waals surface area contributed by atoms with Crippen molar-refractivity contribution in [1.82, 2.24) is 10.7 Å². The van der Waals surface area contributed by atoms with Crippen LogP contribution in [0.25, 0.3) is 0 Å². The molecule has 0 radical (unpaired) electrons. The molecule has 4 heteroatoms. The highest BCUT2D eigenvalue weighted by Crippen LogP contribution is 2.33. The standard InChI is InChI=1S/C5H11N3O/c1-5(2-3-5)7-4(9)8-6/h2-3,6H2,1H3,(H2,7,8,9). The molecule has 4 nitrogen and oxygen atoms in total. The lowest BCUT2D eigenvalue weighted by atomic mass is 10.3. The van der Waals surface area contributed by atoms with Crippen LogP contribution in [0.4, 0.5) is 4.79 Å². The van der Waals surface area contributed by atoms with Gasteiger partial charge < -0.3 is 5.32 Å². The number of nitrogens with two attached hydrogens (primary N) is 1. The van der Waals surface area contributed by atoms with Gasteiger partial charge in [0.15, 0.2) is 0 Å². The third kappa shape index (κ3) is 1.57. The first-order chi connectivity index (χ1) is 4.16. The number of hydrogen-bond donors (Lipinski definition) is 3. The number of urea groups is 1. The molecular weight excluding hydrogens is 118 g/mol. The van der Waals surface area contributed by atoms with Crippen LogP contribution in [0.15, 0.2) is 0 Å². The van der Waals surface area contributed by atoms with Gasteiger partial charge in [0.2, 0.25) is 0 Å². The Morgan fingerprint density at radius 2 is 2.22 bits per heavy atom. The van der Waals surface area contributed by atoms with E-state index >= 15 is 0 Å². The highest BCUT2D eigenvalue weighted by atomic mass is 16.2. The molecule has 0 aromatic heterocycles. The van der Waals surface area contributed by atoms with Gasteiger partial charge in [-0.25, -0.2) is 10.6 Å². The molecule has 0 spiro atoms. The molecule has 0 aliphatic heterocycles. The summed E-state index contributed by atoms with van der Waals surface area (Å²) in [6.45, 7) is 1.99. The Labute approximate surface area is 53.8 Å². The highest BCUT2D eigenvalue weighted by molar-refractivity contribution is 5.74. The number of carbonyl (C=O) groups is 1. The lowest BCUT2D eigenvalue weighted by Gasteiger charge is -2.09. The van der Waals surface area contributed by atoms with Crippen molar-refractivity contribution in [2.24, 2.45) is 5.84 Å². The Bertz CT molecular complexity index is 130. The van der Waals surface area contributed by atoms with Crippen molar-refractivity contribution in [2.45, 2.75) is 25.3 Å². The molecule has 0 aromatic carbocycles. The van der Waals surface area contributed by atoms with Gasteiger partial charge in [-0.3, -0.25) is 5.43 Å². The molecule has 0 heterocycles. The first kappa shape index (κ1) is 6.35. The van der Waals surface area contributed by atoms with Gasteiger partial charge in [0.05, 0.1) is 0 Å². The second kappa shape index (κ2) is 1.88. The summed E-state index contributed by atoms with van der Waals surface area (Å²) < 4.78 is 0. The van der Waals surface area contributed by atoms with Gasteiger partial charge in [-0.15, -0.1) is 0 Å². The van der Waals surface area contributed by atoms with E-state index in [2.05, 4.69) is 5.32 Å². The van der Waals surface area contributed by atoms with E-state index in [4.69, 9.17) is 5.84 Å². The average molecular weight is 129 g/mol. The van der Waals surface area contributed by atoms with E-state index in [-0.39, 0.29) is 11.6 Å². The van der Waals surface area contributed by atoms with Crippen molar-refractivity contribution in [2.75, 3.05) is 0 Å². The SMILES string of the molecule is CC1(NC(=O)NN)CC1. The Kier molecular flexibility index (Phi) is 1.32. The summed E-state index contributed by atoms with van der Waals surface area (Å²) in [6.07, 6.45) is 2.11. The fourth-order valence-electron chi connectivity index (χ4n) is 0.623. The van der Waals surface area contributed by atoms with E-state index in [1.807, 2.05) is 12.3 Å². The van der Waals surface area contributed by atoms with E-state index in [1.54, 1.807) is 0 Å². The summed E-state index contributed by atoms with van der Waals surface area (Å²) in [5, 5.41) is 2.70. The van der Waals surface area contributed by atoms with Gasteiger partial charge in [-0.2, -0.15) is 0 Å². The molecule has 1 aliphatic carbocycles. The normalized spacial score (nSPS) is 20.7. The number of rotatable bonds is 1. The molecule has 1 saturated carbocycles. The predicted octanol–water partition coefficient (Wildman–Crippen LogP) is -0.288. The molecule has 52 valence electrons. The van der Waals surface area contributed by atoms with Gasteiger partial charge in [0.25, 0.3) is 0 Å². The Morgan fingerprint density at radius 1 is 1.67 bits per heavy atom. The molecule has 0 bridgehead atoms. The highest BCUT2D eigenvalue weighted by Gasteiger charge is 2.38. The zero-order valence-corrected chi connectivity index (χ0v) is 5.40. The molecule has 2 amide bonds. The number of hydrogen-bond acceptors (Lipinski definition) is 2. The fourth-order valence-corrected chi connectivity index (χ4v) is 0.623. The first-order valence-electron chi connectivity index (χ1n) is 2.95. The van der Waals surface area contributed by atoms with Crippen LogP contribution in [0.1, 0.15) is 19.8 Å². The summed E-state index contributed by atoms with van der Waals surface area (Å²) in [4.78, 5) is 10.5. The van der Waals surface area contributed by atoms with Crippen LogP contribution < -0.4 is 16.6 Å². The van der Waals surface area contributed by atoms with Crippen LogP contribution in [-0.4, -0.2) is 11.6 Å². The van der Waals surface area contributed by atoms with Gasteiger partial charge in [-0.1, -0.05) is 0 Å². The van der Waals surface area contributed by atoms with Gasteiger partial charge in [0.1, 0.15) is 0 Å². The maximum atomic E-state index is 10.5. The summed E-state index contributed by atoms with van der Waals surface area (Å²) in [7, 11) is 0. The molecule has 4 N–H and O–H groups in total. The van der Waals surface area contributed by atoms with Gasteiger partial charge in [-0.05, 0) is 19.8 Å². The van der Waals surface area contributed by atoms with Crippen molar-refractivity contribution in [3.05, 3.63) is 0 Å². The zero-order chi connectivity index (χ0) is 6.91. The number of carbonyl (C=O) groups excluding carboxylic acids is 1. The molecule has 0 saturated heterocycles. The third-order valence-corrected chi connectivity index (χ3v) is 1.55. The van der Waals surface area contributed by atoms with Crippen LogP contribution in [0.5, 0.6) is 0 Å². The number of nitrogens with one attached hydrogen (secondary N) is 2. The van der Waals surface area contributed by atoms with E-state index in [1.165, 1.54) is 0 Å². The second-order valence-electron chi connectivity index (χ2n) is 2.66. The minimum atomic E-state index is -0.296. The molecular formula is C5H11N3O. The maximum Gasteiger partial charge on any atom is 0.329 e. The van der Waals surface area contributed by atoms with Crippen molar-refractivity contribution in [3.8, 4) is 0 Å². The molecule has 1 rings (SSSR count). The van der Waals surface area contributed by atoms with Crippen LogP contribution in [-0.2, 0) is 0 Å². The average Bonchev–Trinajstić information content (AvgIpc) is 2.48. The lowest BCUT2D eigenvalue weighted by Crippen LogP contribution is -2.45. The van der Waals surface area contributed by atoms with Crippen molar-refractivity contribution in [1.29, 1.82) is 0 Å². The summed E-state index contributed by atoms with van der Waals surface area (Å²) in [5.41, 5.74) is 2.04. The largest absolute Gasteiger partial charge is 0.332 e. The topological polar surface area (TPSA) is 67.2 Å². The molecule has 9 heavy (non-hydrogen) atoms. The van der Waals surface area contributed by atoms with E-state index in [9.17, 15) is 4.79 Å². The summed E-state index contributed by atoms with van der Waals surface area (Å²) in [5.74, 6) is 4.84. The fraction of sp³-hybridized carbons (Fsp3) is 0.800. The quantitative estimate of drug-likeness (QED) is 0.259. The minimum Gasteiger partial charge on any atom is -0.332 e. The molecule has 0 aromatic rings. The molecule has 1 aliphatic rings. The van der Waals surface area contributed by atoms with E-state index in [0.29, 0.717) is 0 Å². The van der Waals surface area contributed by atoms with Gasteiger partial charge in [0, 0.05) is 5.54 Å². The van der Waals surface area contributed by atoms with Crippen LogP contribution >= 0.6 is 0 Å². The zero-order valence-electron chi connectivity index (χ0n) is 5.40. The Morgan fingerprint density at radius 3 is 2.56 bits per heavy atom.